The summed E-state index contributed by atoms with van der Waals surface area (Å²) in [6.45, 7) is 1.05. The van der Waals surface area contributed by atoms with Gasteiger partial charge in [0.1, 0.15) is 11.5 Å². The van der Waals surface area contributed by atoms with E-state index in [2.05, 4.69) is 4.98 Å². The molecule has 29 heavy (non-hydrogen) atoms. The van der Waals surface area contributed by atoms with Crippen molar-refractivity contribution >= 4 is 22.4 Å². The number of hydrogen-bond acceptors (Lipinski definition) is 7. The van der Waals surface area contributed by atoms with Crippen LogP contribution in [-0.2, 0) is 4.74 Å². The molecule has 0 fully saturated rings. The Morgan fingerprint density at radius 1 is 1.10 bits per heavy atom. The van der Waals surface area contributed by atoms with Gasteiger partial charge >= 0.3 is 0 Å². The van der Waals surface area contributed by atoms with Crippen molar-refractivity contribution in [2.75, 3.05) is 39.4 Å². The zero-order valence-electron chi connectivity index (χ0n) is 16.6. The van der Waals surface area contributed by atoms with Crippen LogP contribution in [0, 0.1) is 0 Å². The maximum Gasteiger partial charge on any atom is 0.260 e. The molecule has 0 radical (unpaired) electrons. The molecule has 0 N–H and O–H groups in total. The molecule has 3 rings (SSSR count). The Morgan fingerprint density at radius 2 is 1.90 bits per heavy atom. The van der Waals surface area contributed by atoms with Crippen molar-refractivity contribution in [3.8, 4) is 22.8 Å². The van der Waals surface area contributed by atoms with E-state index in [1.54, 1.807) is 50.8 Å². The molecule has 1 amide bonds. The summed E-state index contributed by atoms with van der Waals surface area (Å²) in [5, 5.41) is 2.53. The van der Waals surface area contributed by atoms with E-state index in [0.717, 1.165) is 11.3 Å². The molecule has 0 saturated heterocycles. The number of aromatic nitrogens is 2. The Labute approximate surface area is 173 Å². The van der Waals surface area contributed by atoms with Crippen molar-refractivity contribution in [3.05, 3.63) is 53.7 Å². The third kappa shape index (κ3) is 4.90. The minimum absolute atomic E-state index is 0.123. The molecule has 0 aliphatic heterocycles. The fourth-order valence-corrected chi connectivity index (χ4v) is 3.68. The van der Waals surface area contributed by atoms with E-state index < -0.39 is 0 Å². The number of carbonyl (C=O) groups is 1. The van der Waals surface area contributed by atoms with Gasteiger partial charge in [-0.15, -0.1) is 11.3 Å². The molecular formula is C21H23N3O4S. The number of amides is 1. The SMILES string of the molecule is COCCCN(C(=O)c1ccncc1)c1nc(-c2cc(OC)ccc2OC)cs1. The largest absolute Gasteiger partial charge is 0.497 e. The number of pyridine rings is 1. The Balaban J connectivity index is 1.94. The average Bonchev–Trinajstić information content (AvgIpc) is 3.26. The van der Waals surface area contributed by atoms with Crippen LogP contribution >= 0.6 is 11.3 Å². The lowest BCUT2D eigenvalue weighted by molar-refractivity contribution is 0.0983. The molecular weight excluding hydrogens is 390 g/mol. The van der Waals surface area contributed by atoms with Crippen LogP contribution in [0.25, 0.3) is 11.3 Å². The second-order valence-corrected chi connectivity index (χ2v) is 6.96. The first-order valence-corrected chi connectivity index (χ1v) is 9.94. The maximum absolute atomic E-state index is 13.1. The number of carbonyl (C=O) groups excluding carboxylic acids is 1. The summed E-state index contributed by atoms with van der Waals surface area (Å²) in [5.41, 5.74) is 2.09. The Bertz CT molecular complexity index is 946. The number of methoxy groups -OCH3 is 3. The molecule has 0 spiro atoms. The van der Waals surface area contributed by atoms with Crippen molar-refractivity contribution in [2.24, 2.45) is 0 Å². The average molecular weight is 413 g/mol. The van der Waals surface area contributed by atoms with Crippen molar-refractivity contribution in [3.63, 3.8) is 0 Å². The molecule has 0 aliphatic carbocycles. The number of benzene rings is 1. The summed E-state index contributed by atoms with van der Waals surface area (Å²) < 4.78 is 15.9. The molecule has 1 aromatic carbocycles. The van der Waals surface area contributed by atoms with E-state index in [0.29, 0.717) is 41.8 Å². The summed E-state index contributed by atoms with van der Waals surface area (Å²) in [5.74, 6) is 1.27. The highest BCUT2D eigenvalue weighted by atomic mass is 32.1. The van der Waals surface area contributed by atoms with Crippen LogP contribution in [0.15, 0.2) is 48.1 Å². The highest BCUT2D eigenvalue weighted by Crippen LogP contribution is 2.36. The van der Waals surface area contributed by atoms with Gasteiger partial charge in [0.25, 0.3) is 5.91 Å². The van der Waals surface area contributed by atoms with E-state index in [-0.39, 0.29) is 5.91 Å². The molecule has 2 aromatic heterocycles. The fourth-order valence-electron chi connectivity index (χ4n) is 2.83. The second-order valence-electron chi connectivity index (χ2n) is 6.12. The van der Waals surface area contributed by atoms with Gasteiger partial charge < -0.3 is 14.2 Å². The summed E-state index contributed by atoms with van der Waals surface area (Å²) in [4.78, 5) is 23.5. The molecule has 3 aromatic rings. The van der Waals surface area contributed by atoms with E-state index >= 15 is 0 Å². The number of nitrogens with zero attached hydrogens (tertiary/aromatic N) is 3. The number of anilines is 1. The highest BCUT2D eigenvalue weighted by molar-refractivity contribution is 7.14. The van der Waals surface area contributed by atoms with Gasteiger partial charge in [-0.3, -0.25) is 14.7 Å². The van der Waals surface area contributed by atoms with Crippen LogP contribution in [0.4, 0.5) is 5.13 Å². The second kappa shape index (κ2) is 9.99. The van der Waals surface area contributed by atoms with Gasteiger partial charge in [0.05, 0.1) is 19.9 Å². The molecule has 8 heteroatoms. The zero-order valence-corrected chi connectivity index (χ0v) is 17.4. The molecule has 7 nitrogen and oxygen atoms in total. The lowest BCUT2D eigenvalue weighted by Gasteiger charge is -2.19. The quantitative estimate of drug-likeness (QED) is 0.495. The minimum atomic E-state index is -0.123. The topological polar surface area (TPSA) is 73.8 Å². The zero-order chi connectivity index (χ0) is 20.6. The van der Waals surface area contributed by atoms with Crippen LogP contribution in [0.2, 0.25) is 0 Å². The van der Waals surface area contributed by atoms with Gasteiger partial charge in [-0.2, -0.15) is 0 Å². The molecule has 2 heterocycles. The van der Waals surface area contributed by atoms with Gasteiger partial charge in [-0.25, -0.2) is 4.98 Å². The van der Waals surface area contributed by atoms with Crippen molar-refractivity contribution in [2.45, 2.75) is 6.42 Å². The van der Waals surface area contributed by atoms with Crippen molar-refractivity contribution < 1.29 is 19.0 Å². The molecule has 0 atom stereocenters. The predicted molar refractivity (Wildman–Crippen MR) is 113 cm³/mol. The van der Waals surface area contributed by atoms with E-state index in [1.807, 2.05) is 23.6 Å². The third-order valence-corrected chi connectivity index (χ3v) is 5.17. The van der Waals surface area contributed by atoms with E-state index in [9.17, 15) is 4.79 Å². The lowest BCUT2D eigenvalue weighted by Crippen LogP contribution is -2.32. The first-order valence-electron chi connectivity index (χ1n) is 9.06. The summed E-state index contributed by atoms with van der Waals surface area (Å²) >= 11 is 1.41. The smallest absolute Gasteiger partial charge is 0.260 e. The van der Waals surface area contributed by atoms with Crippen LogP contribution in [-0.4, -0.2) is 50.4 Å². The van der Waals surface area contributed by atoms with Crippen molar-refractivity contribution in [1.82, 2.24) is 9.97 Å². The summed E-state index contributed by atoms with van der Waals surface area (Å²) in [7, 11) is 4.87. The number of hydrogen-bond donors (Lipinski definition) is 0. The summed E-state index contributed by atoms with van der Waals surface area (Å²) in [6.07, 6.45) is 3.91. The first kappa shape index (κ1) is 20.8. The predicted octanol–water partition coefficient (Wildman–Crippen LogP) is 3.91. The van der Waals surface area contributed by atoms with Gasteiger partial charge in [0, 0.05) is 49.2 Å². The van der Waals surface area contributed by atoms with Crippen LogP contribution in [0.1, 0.15) is 16.8 Å². The molecule has 0 bridgehead atoms. The van der Waals surface area contributed by atoms with Gasteiger partial charge in [-0.05, 0) is 36.8 Å². The molecule has 0 unspecified atom stereocenters. The summed E-state index contributed by atoms with van der Waals surface area (Å²) in [6, 6.07) is 8.94. The van der Waals surface area contributed by atoms with E-state index in [1.165, 1.54) is 11.3 Å². The van der Waals surface area contributed by atoms with Crippen LogP contribution in [0.3, 0.4) is 0 Å². The minimum Gasteiger partial charge on any atom is -0.497 e. The number of thiazole rings is 1. The van der Waals surface area contributed by atoms with Gasteiger partial charge in [0.2, 0.25) is 0 Å². The van der Waals surface area contributed by atoms with Crippen molar-refractivity contribution in [1.29, 1.82) is 0 Å². The fraction of sp³-hybridized carbons (Fsp3) is 0.286. The van der Waals surface area contributed by atoms with Gasteiger partial charge in [0.15, 0.2) is 5.13 Å². The molecule has 0 aliphatic rings. The Morgan fingerprint density at radius 3 is 2.59 bits per heavy atom. The van der Waals surface area contributed by atoms with E-state index in [4.69, 9.17) is 19.2 Å². The monoisotopic (exact) mass is 413 g/mol. The number of ether oxygens (including phenoxy) is 3. The van der Waals surface area contributed by atoms with Gasteiger partial charge in [-0.1, -0.05) is 0 Å². The molecule has 0 saturated carbocycles. The standard InChI is InChI=1S/C21H23N3O4S/c1-26-12-4-11-24(20(25)15-7-9-22-10-8-15)21-23-18(14-29-21)17-13-16(27-2)5-6-19(17)28-3/h5-10,13-14H,4,11-12H2,1-3H3. The Kier molecular flexibility index (Phi) is 7.15. The van der Waals surface area contributed by atoms with Crippen LogP contribution < -0.4 is 14.4 Å². The molecule has 152 valence electrons. The first-order chi connectivity index (χ1) is 14.2. The number of rotatable bonds is 9. The lowest BCUT2D eigenvalue weighted by atomic mass is 10.1. The van der Waals surface area contributed by atoms with Crippen LogP contribution in [0.5, 0.6) is 11.5 Å². The highest BCUT2D eigenvalue weighted by Gasteiger charge is 2.21. The normalized spacial score (nSPS) is 10.6. The third-order valence-electron chi connectivity index (χ3n) is 4.31. The maximum atomic E-state index is 13.1. The Hall–Kier alpha value is -2.97.